The van der Waals surface area contributed by atoms with Crippen LogP contribution in [0.1, 0.15) is 11.1 Å². The van der Waals surface area contributed by atoms with Crippen molar-refractivity contribution in [1.82, 2.24) is 0 Å². The number of rotatable bonds is 3. The molecule has 0 atom stereocenters. The Morgan fingerprint density at radius 1 is 1.14 bits per heavy atom. The second kappa shape index (κ2) is 6.10. The Morgan fingerprint density at radius 3 is 2.38 bits per heavy atom. The van der Waals surface area contributed by atoms with Crippen molar-refractivity contribution in [3.8, 4) is 11.5 Å². The molecule has 0 saturated carbocycles. The second-order valence-electron chi connectivity index (χ2n) is 4.41. The van der Waals surface area contributed by atoms with Crippen LogP contribution in [0.2, 0.25) is 15.1 Å². The van der Waals surface area contributed by atoms with E-state index in [0.29, 0.717) is 32.7 Å². The van der Waals surface area contributed by atoms with Gasteiger partial charge in [-0.1, -0.05) is 34.8 Å². The predicted octanol–water partition coefficient (Wildman–Crippen LogP) is 5.96. The fourth-order valence-electron chi connectivity index (χ4n) is 1.82. The topological polar surface area (TPSA) is 52.4 Å². The zero-order valence-electron chi connectivity index (χ0n) is 11.1. The van der Waals surface area contributed by atoms with Crippen molar-refractivity contribution in [2.75, 3.05) is 0 Å². The van der Waals surface area contributed by atoms with Crippen molar-refractivity contribution in [3.05, 3.63) is 60.6 Å². The number of hydrogen-bond donors (Lipinski definition) is 0. The lowest BCUT2D eigenvalue weighted by atomic mass is 10.1. The number of nitro benzene ring substituents is 1. The van der Waals surface area contributed by atoms with E-state index in [-0.39, 0.29) is 10.7 Å². The van der Waals surface area contributed by atoms with Gasteiger partial charge in [-0.15, -0.1) is 0 Å². The summed E-state index contributed by atoms with van der Waals surface area (Å²) in [4.78, 5) is 10.5. The lowest BCUT2D eigenvalue weighted by Gasteiger charge is -2.13. The minimum atomic E-state index is -0.479. The molecule has 0 fully saturated rings. The maximum absolute atomic E-state index is 11.0. The van der Waals surface area contributed by atoms with Gasteiger partial charge >= 0.3 is 0 Å². The van der Waals surface area contributed by atoms with E-state index in [0.717, 1.165) is 0 Å². The molecule has 0 radical (unpaired) electrons. The molecule has 2 rings (SSSR count). The third-order valence-corrected chi connectivity index (χ3v) is 3.91. The summed E-state index contributed by atoms with van der Waals surface area (Å²) in [6.07, 6.45) is 0. The Hall–Kier alpha value is -1.49. The highest BCUT2D eigenvalue weighted by molar-refractivity contribution is 6.35. The van der Waals surface area contributed by atoms with Gasteiger partial charge in [0, 0.05) is 22.2 Å². The highest BCUT2D eigenvalue weighted by Gasteiger charge is 2.21. The zero-order chi connectivity index (χ0) is 15.7. The van der Waals surface area contributed by atoms with Crippen LogP contribution in [0.4, 0.5) is 5.69 Å². The molecule has 0 aromatic heterocycles. The monoisotopic (exact) mass is 345 g/mol. The van der Waals surface area contributed by atoms with E-state index in [9.17, 15) is 10.1 Å². The molecule has 0 aliphatic carbocycles. The summed E-state index contributed by atoms with van der Waals surface area (Å²) < 4.78 is 5.70. The Labute approximate surface area is 136 Å². The predicted molar refractivity (Wildman–Crippen MR) is 84.1 cm³/mol. The summed E-state index contributed by atoms with van der Waals surface area (Å²) in [5, 5.41) is 12.0. The van der Waals surface area contributed by atoms with Crippen LogP contribution >= 0.6 is 34.8 Å². The van der Waals surface area contributed by atoms with Crippen LogP contribution < -0.4 is 4.74 Å². The molecule has 4 nitrogen and oxygen atoms in total. The van der Waals surface area contributed by atoms with Gasteiger partial charge in [-0.2, -0.15) is 0 Å². The van der Waals surface area contributed by atoms with E-state index in [1.54, 1.807) is 32.0 Å². The Balaban J connectivity index is 2.50. The molecule has 0 bridgehead atoms. The van der Waals surface area contributed by atoms with Gasteiger partial charge < -0.3 is 4.74 Å². The Bertz CT molecular complexity index is 732. The van der Waals surface area contributed by atoms with Gasteiger partial charge in [-0.05, 0) is 32.0 Å². The van der Waals surface area contributed by atoms with E-state index < -0.39 is 4.92 Å². The van der Waals surface area contributed by atoms with Gasteiger partial charge in [0.1, 0.15) is 11.5 Å². The van der Waals surface area contributed by atoms with Gasteiger partial charge in [0.05, 0.1) is 15.0 Å². The molecule has 110 valence electrons. The smallest absolute Gasteiger partial charge is 0.274 e. The van der Waals surface area contributed by atoms with Crippen LogP contribution in [0.3, 0.4) is 0 Å². The maximum Gasteiger partial charge on any atom is 0.274 e. The third kappa shape index (κ3) is 3.23. The van der Waals surface area contributed by atoms with Gasteiger partial charge in [0.15, 0.2) is 0 Å². The molecule has 0 amide bonds. The van der Waals surface area contributed by atoms with Gasteiger partial charge in [-0.25, -0.2) is 0 Å². The van der Waals surface area contributed by atoms with Crippen molar-refractivity contribution in [2.24, 2.45) is 0 Å². The number of ether oxygens (including phenoxy) is 1. The van der Waals surface area contributed by atoms with Crippen LogP contribution in [-0.2, 0) is 0 Å². The van der Waals surface area contributed by atoms with Crippen LogP contribution in [0.15, 0.2) is 24.3 Å². The first kappa shape index (κ1) is 15.9. The molecular weight excluding hydrogens is 337 g/mol. The van der Waals surface area contributed by atoms with E-state index >= 15 is 0 Å². The molecule has 0 heterocycles. The van der Waals surface area contributed by atoms with Crippen molar-refractivity contribution in [3.63, 3.8) is 0 Å². The van der Waals surface area contributed by atoms with Crippen LogP contribution in [0.25, 0.3) is 0 Å². The van der Waals surface area contributed by atoms with Gasteiger partial charge in [0.25, 0.3) is 5.69 Å². The van der Waals surface area contributed by atoms with Crippen molar-refractivity contribution < 1.29 is 9.66 Å². The van der Waals surface area contributed by atoms with Crippen LogP contribution in [-0.4, -0.2) is 4.92 Å². The highest BCUT2D eigenvalue weighted by atomic mass is 35.5. The maximum atomic E-state index is 11.0. The SMILES string of the molecule is Cc1cc([N+](=O)[O-])c(C)c(Cl)c1Oc1ccc(Cl)cc1Cl. The molecule has 0 saturated heterocycles. The fourth-order valence-corrected chi connectivity index (χ4v) is 2.55. The average Bonchev–Trinajstić information content (AvgIpc) is 2.40. The molecule has 7 heteroatoms. The molecule has 0 aliphatic heterocycles. The minimum absolute atomic E-state index is 0.0490. The molecule has 21 heavy (non-hydrogen) atoms. The standard InChI is InChI=1S/C14H10Cl3NO3/c1-7-5-11(18(19)20)8(2)13(17)14(7)21-12-4-3-9(15)6-10(12)16/h3-6H,1-2H3. The largest absolute Gasteiger partial charge is 0.454 e. The molecule has 0 N–H and O–H groups in total. The lowest BCUT2D eigenvalue weighted by molar-refractivity contribution is -0.385. The summed E-state index contributed by atoms with van der Waals surface area (Å²) in [6, 6.07) is 6.20. The Kier molecular flexibility index (Phi) is 4.61. The summed E-state index contributed by atoms with van der Waals surface area (Å²) >= 11 is 18.0. The molecule has 0 aliphatic rings. The number of benzene rings is 2. The minimum Gasteiger partial charge on any atom is -0.454 e. The summed E-state index contributed by atoms with van der Waals surface area (Å²) in [5.41, 5.74) is 0.836. The summed E-state index contributed by atoms with van der Waals surface area (Å²) in [7, 11) is 0. The number of nitrogens with zero attached hydrogens (tertiary/aromatic N) is 1. The van der Waals surface area contributed by atoms with E-state index in [4.69, 9.17) is 39.5 Å². The first-order chi connectivity index (χ1) is 9.81. The molecular formula is C14H10Cl3NO3. The zero-order valence-corrected chi connectivity index (χ0v) is 13.4. The second-order valence-corrected chi connectivity index (χ2v) is 5.64. The Morgan fingerprint density at radius 2 is 1.81 bits per heavy atom. The van der Waals surface area contributed by atoms with Gasteiger partial charge in [0.2, 0.25) is 0 Å². The third-order valence-electron chi connectivity index (χ3n) is 2.93. The van der Waals surface area contributed by atoms with Crippen molar-refractivity contribution in [1.29, 1.82) is 0 Å². The van der Waals surface area contributed by atoms with E-state index in [1.165, 1.54) is 6.07 Å². The fraction of sp³-hybridized carbons (Fsp3) is 0.143. The highest BCUT2D eigenvalue weighted by Crippen LogP contribution is 2.41. The average molecular weight is 347 g/mol. The van der Waals surface area contributed by atoms with E-state index in [2.05, 4.69) is 0 Å². The summed E-state index contributed by atoms with van der Waals surface area (Å²) in [6.45, 7) is 3.24. The number of aryl methyl sites for hydroxylation is 1. The first-order valence-electron chi connectivity index (χ1n) is 5.88. The van der Waals surface area contributed by atoms with Gasteiger partial charge in [-0.3, -0.25) is 10.1 Å². The molecule has 2 aromatic rings. The lowest BCUT2D eigenvalue weighted by Crippen LogP contribution is -1.97. The summed E-state index contributed by atoms with van der Waals surface area (Å²) in [5.74, 6) is 0.711. The number of halogens is 3. The number of hydrogen-bond acceptors (Lipinski definition) is 3. The van der Waals surface area contributed by atoms with Crippen molar-refractivity contribution in [2.45, 2.75) is 13.8 Å². The van der Waals surface area contributed by atoms with E-state index in [1.807, 2.05) is 0 Å². The van der Waals surface area contributed by atoms with Crippen molar-refractivity contribution >= 4 is 40.5 Å². The van der Waals surface area contributed by atoms with Crippen LogP contribution in [0.5, 0.6) is 11.5 Å². The number of nitro groups is 1. The quantitative estimate of drug-likeness (QED) is 0.508. The molecule has 0 spiro atoms. The molecule has 0 unspecified atom stereocenters. The first-order valence-corrected chi connectivity index (χ1v) is 7.01. The van der Waals surface area contributed by atoms with Crippen LogP contribution in [0, 0.1) is 24.0 Å². The normalized spacial score (nSPS) is 10.5. The molecule has 2 aromatic carbocycles.